The summed E-state index contributed by atoms with van der Waals surface area (Å²) in [5.74, 6) is 0.141. The van der Waals surface area contributed by atoms with Gasteiger partial charge >= 0.3 is 5.97 Å². The fourth-order valence-electron chi connectivity index (χ4n) is 3.00. The molecule has 110 valence electrons. The Balaban J connectivity index is 2.56. The first-order valence-electron chi connectivity index (χ1n) is 6.80. The molecule has 2 rings (SSSR count). The zero-order valence-corrected chi connectivity index (χ0v) is 11.9. The number of nitrogens with two attached hydrogens (primary N) is 1. The fourth-order valence-corrected chi connectivity index (χ4v) is 3.00. The number of carboxylic acid groups (broad SMARTS) is 1. The fraction of sp³-hybridized carbons (Fsp3) is 0.533. The van der Waals surface area contributed by atoms with Crippen LogP contribution in [-0.4, -0.2) is 25.3 Å². The van der Waals surface area contributed by atoms with Gasteiger partial charge in [0, 0.05) is 0 Å². The van der Waals surface area contributed by atoms with Crippen LogP contribution in [0.1, 0.15) is 37.7 Å². The molecule has 1 aromatic carbocycles. The summed E-state index contributed by atoms with van der Waals surface area (Å²) >= 11 is 0. The van der Waals surface area contributed by atoms with Crippen molar-refractivity contribution >= 4 is 11.7 Å². The predicted molar refractivity (Wildman–Crippen MR) is 76.4 cm³/mol. The van der Waals surface area contributed by atoms with Crippen molar-refractivity contribution in [1.29, 1.82) is 0 Å². The summed E-state index contributed by atoms with van der Waals surface area (Å²) in [4.78, 5) is 11.8. The van der Waals surface area contributed by atoms with Crippen molar-refractivity contribution in [3.63, 3.8) is 0 Å². The van der Waals surface area contributed by atoms with Crippen LogP contribution in [0.2, 0.25) is 0 Å². The van der Waals surface area contributed by atoms with Gasteiger partial charge in [0.05, 0.1) is 19.6 Å². The normalized spacial score (nSPS) is 17.5. The van der Waals surface area contributed by atoms with Gasteiger partial charge in [-0.1, -0.05) is 19.3 Å². The highest BCUT2D eigenvalue weighted by molar-refractivity contribution is 5.83. The molecule has 0 amide bonds. The molecule has 1 aromatic rings. The average Bonchev–Trinajstić information content (AvgIpc) is 2.48. The van der Waals surface area contributed by atoms with Gasteiger partial charge in [0.25, 0.3) is 0 Å². The zero-order valence-electron chi connectivity index (χ0n) is 11.9. The quantitative estimate of drug-likeness (QED) is 0.828. The lowest BCUT2D eigenvalue weighted by Gasteiger charge is -2.34. The van der Waals surface area contributed by atoms with Gasteiger partial charge in [-0.05, 0) is 30.5 Å². The van der Waals surface area contributed by atoms with E-state index in [0.29, 0.717) is 35.6 Å². The van der Waals surface area contributed by atoms with Crippen LogP contribution in [0.15, 0.2) is 12.1 Å². The van der Waals surface area contributed by atoms with E-state index in [-0.39, 0.29) is 0 Å². The summed E-state index contributed by atoms with van der Waals surface area (Å²) in [7, 11) is 3.03. The summed E-state index contributed by atoms with van der Waals surface area (Å²) < 4.78 is 10.5. The van der Waals surface area contributed by atoms with Gasteiger partial charge in [0.2, 0.25) is 0 Å². The first-order chi connectivity index (χ1) is 9.55. The summed E-state index contributed by atoms with van der Waals surface area (Å²) in [6, 6.07) is 3.47. The van der Waals surface area contributed by atoms with E-state index in [4.69, 9.17) is 15.2 Å². The summed E-state index contributed by atoms with van der Waals surface area (Å²) in [5, 5.41) is 9.73. The summed E-state index contributed by atoms with van der Waals surface area (Å²) in [5.41, 5.74) is 6.18. The number of aliphatic carboxylic acids is 1. The molecular weight excluding hydrogens is 258 g/mol. The molecule has 0 heterocycles. The Morgan fingerprint density at radius 1 is 1.15 bits per heavy atom. The molecule has 0 aromatic heterocycles. The standard InChI is InChI=1S/C15H21NO4/c1-19-11-8-10(9-12(20-2)13(11)16)15(14(17)18)6-4-3-5-7-15/h8-9H,3-7,16H2,1-2H3,(H,17,18). The van der Waals surface area contributed by atoms with Crippen LogP contribution in [0, 0.1) is 0 Å². The third-order valence-electron chi connectivity index (χ3n) is 4.21. The highest BCUT2D eigenvalue weighted by atomic mass is 16.5. The highest BCUT2D eigenvalue weighted by Crippen LogP contribution is 2.44. The number of carbonyl (C=O) groups is 1. The molecule has 0 radical (unpaired) electrons. The SMILES string of the molecule is COc1cc(C2(C(=O)O)CCCCC2)cc(OC)c1N. The third kappa shape index (κ3) is 2.28. The van der Waals surface area contributed by atoms with Crippen molar-refractivity contribution in [1.82, 2.24) is 0 Å². The van der Waals surface area contributed by atoms with Gasteiger partial charge in [-0.15, -0.1) is 0 Å². The minimum atomic E-state index is -0.855. The lowest BCUT2D eigenvalue weighted by molar-refractivity contribution is -0.145. The smallest absolute Gasteiger partial charge is 0.314 e. The predicted octanol–water partition coefficient (Wildman–Crippen LogP) is 2.57. The van der Waals surface area contributed by atoms with Crippen LogP contribution < -0.4 is 15.2 Å². The average molecular weight is 279 g/mol. The van der Waals surface area contributed by atoms with Crippen molar-refractivity contribution in [3.05, 3.63) is 17.7 Å². The number of ether oxygens (including phenoxy) is 2. The molecule has 1 fully saturated rings. The van der Waals surface area contributed by atoms with Crippen LogP contribution in [0.4, 0.5) is 5.69 Å². The molecule has 3 N–H and O–H groups in total. The lowest BCUT2D eigenvalue weighted by Crippen LogP contribution is -2.37. The molecule has 0 aliphatic heterocycles. The van der Waals surface area contributed by atoms with E-state index in [2.05, 4.69) is 0 Å². The maximum Gasteiger partial charge on any atom is 0.314 e. The molecule has 5 nitrogen and oxygen atoms in total. The Morgan fingerprint density at radius 3 is 2.05 bits per heavy atom. The molecule has 1 saturated carbocycles. The van der Waals surface area contributed by atoms with Gasteiger partial charge in [0.15, 0.2) is 0 Å². The van der Waals surface area contributed by atoms with Crippen molar-refractivity contribution < 1.29 is 19.4 Å². The molecule has 0 saturated heterocycles. The van der Waals surface area contributed by atoms with E-state index in [0.717, 1.165) is 19.3 Å². The largest absolute Gasteiger partial charge is 0.494 e. The molecule has 0 bridgehead atoms. The molecule has 0 unspecified atom stereocenters. The number of benzene rings is 1. The first-order valence-corrected chi connectivity index (χ1v) is 6.80. The number of hydrogen-bond acceptors (Lipinski definition) is 4. The lowest BCUT2D eigenvalue weighted by atomic mass is 9.69. The molecule has 0 spiro atoms. The Labute approximate surface area is 118 Å². The second-order valence-electron chi connectivity index (χ2n) is 5.24. The number of nitrogen functional groups attached to an aromatic ring is 1. The van der Waals surface area contributed by atoms with Crippen LogP contribution in [0.3, 0.4) is 0 Å². The van der Waals surface area contributed by atoms with Crippen molar-refractivity contribution in [2.75, 3.05) is 20.0 Å². The minimum Gasteiger partial charge on any atom is -0.494 e. The maximum atomic E-state index is 11.8. The monoisotopic (exact) mass is 279 g/mol. The highest BCUT2D eigenvalue weighted by Gasteiger charge is 2.42. The van der Waals surface area contributed by atoms with Crippen LogP contribution in [0.25, 0.3) is 0 Å². The molecule has 20 heavy (non-hydrogen) atoms. The van der Waals surface area contributed by atoms with Crippen molar-refractivity contribution in [3.8, 4) is 11.5 Å². The second-order valence-corrected chi connectivity index (χ2v) is 5.24. The van der Waals surface area contributed by atoms with Crippen LogP contribution >= 0.6 is 0 Å². The Bertz CT molecular complexity index is 482. The van der Waals surface area contributed by atoms with Gasteiger partial charge < -0.3 is 20.3 Å². The summed E-state index contributed by atoms with van der Waals surface area (Å²) in [6.07, 6.45) is 4.19. The molecular formula is C15H21NO4. The van der Waals surface area contributed by atoms with E-state index >= 15 is 0 Å². The number of hydrogen-bond donors (Lipinski definition) is 2. The van der Waals surface area contributed by atoms with E-state index in [1.165, 1.54) is 14.2 Å². The van der Waals surface area contributed by atoms with Gasteiger partial charge in [-0.25, -0.2) is 0 Å². The molecule has 1 aliphatic rings. The Hall–Kier alpha value is -1.91. The van der Waals surface area contributed by atoms with E-state index in [9.17, 15) is 9.90 Å². The first kappa shape index (κ1) is 14.5. The number of methoxy groups -OCH3 is 2. The molecule has 1 aliphatic carbocycles. The Kier molecular flexibility index (Phi) is 4.06. The number of anilines is 1. The van der Waals surface area contributed by atoms with Crippen molar-refractivity contribution in [2.45, 2.75) is 37.5 Å². The molecule has 5 heteroatoms. The number of carboxylic acids is 1. The van der Waals surface area contributed by atoms with E-state index in [1.54, 1.807) is 12.1 Å². The van der Waals surface area contributed by atoms with Crippen LogP contribution in [-0.2, 0) is 10.2 Å². The van der Waals surface area contributed by atoms with Crippen LogP contribution in [0.5, 0.6) is 11.5 Å². The molecule has 0 atom stereocenters. The van der Waals surface area contributed by atoms with E-state index < -0.39 is 11.4 Å². The topological polar surface area (TPSA) is 81.8 Å². The zero-order chi connectivity index (χ0) is 14.8. The van der Waals surface area contributed by atoms with Gasteiger partial charge in [-0.2, -0.15) is 0 Å². The minimum absolute atomic E-state index is 0.398. The third-order valence-corrected chi connectivity index (χ3v) is 4.21. The van der Waals surface area contributed by atoms with E-state index in [1.807, 2.05) is 0 Å². The van der Waals surface area contributed by atoms with Gasteiger partial charge in [0.1, 0.15) is 17.2 Å². The summed E-state index contributed by atoms with van der Waals surface area (Å²) in [6.45, 7) is 0. The second kappa shape index (κ2) is 5.61. The Morgan fingerprint density at radius 2 is 1.65 bits per heavy atom. The maximum absolute atomic E-state index is 11.8. The van der Waals surface area contributed by atoms with Gasteiger partial charge in [-0.3, -0.25) is 4.79 Å². The van der Waals surface area contributed by atoms with Crippen molar-refractivity contribution in [2.24, 2.45) is 0 Å². The number of rotatable bonds is 4.